The third kappa shape index (κ3) is 2.91. The van der Waals surface area contributed by atoms with Gasteiger partial charge in [-0.2, -0.15) is 0 Å². The molecule has 1 aliphatic heterocycles. The van der Waals surface area contributed by atoms with E-state index in [4.69, 9.17) is 0 Å². The highest BCUT2D eigenvalue weighted by atomic mass is 32.2. The molecule has 1 aromatic carbocycles. The zero-order valence-corrected chi connectivity index (χ0v) is 15.8. The number of carbonyl (C=O) groups is 1. The van der Waals surface area contributed by atoms with Gasteiger partial charge in [0.05, 0.1) is 15.5 Å². The van der Waals surface area contributed by atoms with Crippen LogP contribution in [0.5, 0.6) is 0 Å². The van der Waals surface area contributed by atoms with Gasteiger partial charge in [-0.25, -0.2) is 8.42 Å². The molecule has 0 saturated heterocycles. The van der Waals surface area contributed by atoms with E-state index in [1.165, 1.54) is 30.6 Å². The van der Waals surface area contributed by atoms with Crippen molar-refractivity contribution in [3.05, 3.63) is 40.8 Å². The number of nitrogens with zero attached hydrogens (tertiary/aromatic N) is 1. The van der Waals surface area contributed by atoms with Gasteiger partial charge < -0.3 is 4.90 Å². The molecule has 0 N–H and O–H groups in total. The molecule has 1 amide bonds. The van der Waals surface area contributed by atoms with E-state index < -0.39 is 9.84 Å². The Bertz CT molecular complexity index is 924. The van der Waals surface area contributed by atoms with Gasteiger partial charge in [0, 0.05) is 23.5 Å². The molecule has 2 heterocycles. The van der Waals surface area contributed by atoms with Gasteiger partial charge in [0.2, 0.25) is 0 Å². The number of benzene rings is 1. The van der Waals surface area contributed by atoms with Crippen LogP contribution in [0.15, 0.2) is 35.2 Å². The molecule has 132 valence electrons. The van der Waals surface area contributed by atoms with Crippen LogP contribution in [0, 0.1) is 0 Å². The highest BCUT2D eigenvalue weighted by Gasteiger charge is 2.32. The summed E-state index contributed by atoms with van der Waals surface area (Å²) in [5.41, 5.74) is 1.48. The standard InChI is InChI=1S/C19H21NO3S2/c1-20(14-7-3-2-4-8-14)19(21)16-11-13-12-25(22,23)17-10-6-5-9-15(17)18(13)24-16/h5-6,9-11,14H,2-4,7-8,12H2,1H3. The normalized spacial score (nSPS) is 19.1. The first-order chi connectivity index (χ1) is 12.0. The van der Waals surface area contributed by atoms with Crippen molar-refractivity contribution in [2.45, 2.75) is 48.8 Å². The molecule has 1 aliphatic carbocycles. The summed E-state index contributed by atoms with van der Waals surface area (Å²) in [6, 6.07) is 9.17. The molecule has 0 atom stereocenters. The van der Waals surface area contributed by atoms with Crippen LogP contribution in [0.25, 0.3) is 10.4 Å². The predicted octanol–water partition coefficient (Wildman–Crippen LogP) is 4.11. The lowest BCUT2D eigenvalue weighted by molar-refractivity contribution is 0.0701. The van der Waals surface area contributed by atoms with Crippen molar-refractivity contribution in [3.8, 4) is 10.4 Å². The molecule has 0 spiro atoms. The summed E-state index contributed by atoms with van der Waals surface area (Å²) in [6.45, 7) is 0. The third-order valence-electron chi connectivity index (χ3n) is 5.27. The fourth-order valence-corrected chi connectivity index (χ4v) is 6.83. The molecule has 6 heteroatoms. The first-order valence-corrected chi connectivity index (χ1v) is 11.2. The van der Waals surface area contributed by atoms with Crippen LogP contribution in [0.4, 0.5) is 0 Å². The first kappa shape index (κ1) is 16.8. The van der Waals surface area contributed by atoms with Gasteiger partial charge >= 0.3 is 0 Å². The molecule has 1 aromatic heterocycles. The quantitative estimate of drug-likeness (QED) is 0.794. The fraction of sp³-hybridized carbons (Fsp3) is 0.421. The van der Waals surface area contributed by atoms with Crippen molar-refractivity contribution in [1.82, 2.24) is 4.90 Å². The Morgan fingerprint density at radius 3 is 2.64 bits per heavy atom. The molecule has 1 saturated carbocycles. The number of carbonyl (C=O) groups excluding carboxylic acids is 1. The molecule has 4 rings (SSSR count). The van der Waals surface area contributed by atoms with Crippen molar-refractivity contribution in [2.75, 3.05) is 7.05 Å². The monoisotopic (exact) mass is 375 g/mol. The van der Waals surface area contributed by atoms with Crippen molar-refractivity contribution in [3.63, 3.8) is 0 Å². The maximum absolute atomic E-state index is 12.9. The van der Waals surface area contributed by atoms with Crippen LogP contribution in [-0.4, -0.2) is 32.3 Å². The van der Waals surface area contributed by atoms with E-state index in [2.05, 4.69) is 0 Å². The Morgan fingerprint density at radius 1 is 1.16 bits per heavy atom. The minimum Gasteiger partial charge on any atom is -0.338 e. The number of hydrogen-bond acceptors (Lipinski definition) is 4. The largest absolute Gasteiger partial charge is 0.338 e. The minimum atomic E-state index is -3.33. The van der Waals surface area contributed by atoms with Crippen LogP contribution in [0.1, 0.15) is 47.3 Å². The summed E-state index contributed by atoms with van der Waals surface area (Å²) in [7, 11) is -1.45. The number of hydrogen-bond donors (Lipinski definition) is 0. The van der Waals surface area contributed by atoms with Gasteiger partial charge in [-0.15, -0.1) is 11.3 Å². The van der Waals surface area contributed by atoms with Gasteiger partial charge in [0.15, 0.2) is 9.84 Å². The number of fused-ring (bicyclic) bond motifs is 3. The molecule has 0 bridgehead atoms. The van der Waals surface area contributed by atoms with Crippen LogP contribution >= 0.6 is 11.3 Å². The van der Waals surface area contributed by atoms with E-state index in [0.717, 1.165) is 28.8 Å². The van der Waals surface area contributed by atoms with E-state index in [-0.39, 0.29) is 11.7 Å². The minimum absolute atomic E-state index is 0.0150. The number of rotatable bonds is 2. The highest BCUT2D eigenvalue weighted by Crippen LogP contribution is 2.43. The average Bonchev–Trinajstić information content (AvgIpc) is 3.04. The number of amides is 1. The maximum Gasteiger partial charge on any atom is 0.263 e. The molecule has 2 aliphatic rings. The number of sulfone groups is 1. The zero-order chi connectivity index (χ0) is 17.6. The molecule has 4 nitrogen and oxygen atoms in total. The van der Waals surface area contributed by atoms with Gasteiger partial charge in [-0.05, 0) is 30.5 Å². The summed E-state index contributed by atoms with van der Waals surface area (Å²) < 4.78 is 25.0. The topological polar surface area (TPSA) is 54.5 Å². The van der Waals surface area contributed by atoms with E-state index >= 15 is 0 Å². The highest BCUT2D eigenvalue weighted by molar-refractivity contribution is 7.91. The third-order valence-corrected chi connectivity index (χ3v) is 8.19. The second kappa shape index (κ2) is 6.25. The van der Waals surface area contributed by atoms with Crippen LogP contribution < -0.4 is 0 Å². The summed E-state index contributed by atoms with van der Waals surface area (Å²) in [6.07, 6.45) is 5.72. The Morgan fingerprint density at radius 2 is 1.88 bits per heavy atom. The fourth-order valence-electron chi connectivity index (χ4n) is 3.89. The van der Waals surface area contributed by atoms with Crippen LogP contribution in [0.2, 0.25) is 0 Å². The Kier molecular flexibility index (Phi) is 4.20. The lowest BCUT2D eigenvalue weighted by Crippen LogP contribution is -2.37. The zero-order valence-electron chi connectivity index (χ0n) is 14.2. The van der Waals surface area contributed by atoms with E-state index in [0.29, 0.717) is 15.8 Å². The SMILES string of the molecule is CN(C(=O)c1cc2c(s1)-c1ccccc1S(=O)(=O)C2)C1CCCCC1. The Labute approximate surface area is 152 Å². The van der Waals surface area contributed by atoms with Gasteiger partial charge in [-0.3, -0.25) is 4.79 Å². The van der Waals surface area contributed by atoms with E-state index in [9.17, 15) is 13.2 Å². The second-order valence-corrected chi connectivity index (χ2v) is 9.94. The first-order valence-electron chi connectivity index (χ1n) is 8.69. The van der Waals surface area contributed by atoms with Gasteiger partial charge in [0.25, 0.3) is 5.91 Å². The van der Waals surface area contributed by atoms with Crippen LogP contribution in [0.3, 0.4) is 0 Å². The molecule has 0 radical (unpaired) electrons. The summed E-state index contributed by atoms with van der Waals surface area (Å²) in [5.74, 6) is -0.00261. The lowest BCUT2D eigenvalue weighted by Gasteiger charge is -2.30. The second-order valence-electron chi connectivity index (χ2n) is 6.93. The van der Waals surface area contributed by atoms with Crippen molar-refractivity contribution in [1.29, 1.82) is 0 Å². The predicted molar refractivity (Wildman–Crippen MR) is 99.6 cm³/mol. The lowest BCUT2D eigenvalue weighted by atomic mass is 9.94. The molecule has 0 unspecified atom stereocenters. The van der Waals surface area contributed by atoms with E-state index in [1.807, 2.05) is 24.1 Å². The smallest absolute Gasteiger partial charge is 0.263 e. The molecular formula is C19H21NO3S2. The van der Waals surface area contributed by atoms with Crippen molar-refractivity contribution in [2.24, 2.45) is 0 Å². The summed E-state index contributed by atoms with van der Waals surface area (Å²) in [5, 5.41) is 0. The molecule has 1 fully saturated rings. The summed E-state index contributed by atoms with van der Waals surface area (Å²) in [4.78, 5) is 16.7. The molecular weight excluding hydrogens is 354 g/mol. The maximum atomic E-state index is 12.9. The van der Waals surface area contributed by atoms with E-state index in [1.54, 1.807) is 18.2 Å². The number of thiophene rings is 1. The summed E-state index contributed by atoms with van der Waals surface area (Å²) >= 11 is 1.42. The Hall–Kier alpha value is -1.66. The van der Waals surface area contributed by atoms with Crippen molar-refractivity contribution >= 4 is 27.1 Å². The Balaban J connectivity index is 1.69. The molecule has 2 aromatic rings. The molecule has 25 heavy (non-hydrogen) atoms. The van der Waals surface area contributed by atoms with Gasteiger partial charge in [-0.1, -0.05) is 37.5 Å². The van der Waals surface area contributed by atoms with Gasteiger partial charge in [0.1, 0.15) is 0 Å². The van der Waals surface area contributed by atoms with Crippen LogP contribution in [-0.2, 0) is 15.6 Å². The average molecular weight is 376 g/mol. The van der Waals surface area contributed by atoms with Crippen molar-refractivity contribution < 1.29 is 13.2 Å².